The van der Waals surface area contributed by atoms with Crippen LogP contribution in [0.2, 0.25) is 10.0 Å². The van der Waals surface area contributed by atoms with E-state index in [0.717, 1.165) is 0 Å². The third-order valence-electron chi connectivity index (χ3n) is 7.36. The smallest absolute Gasteiger partial charge is 0.340 e. The summed E-state index contributed by atoms with van der Waals surface area (Å²) < 4.78 is 13.3. The number of esters is 2. The number of hydrogen-bond donors (Lipinski definition) is 0. The molecule has 8 nitrogen and oxygen atoms in total. The van der Waals surface area contributed by atoms with Gasteiger partial charge in [0.25, 0.3) is 0 Å². The van der Waals surface area contributed by atoms with Gasteiger partial charge in [0.05, 0.1) is 47.8 Å². The van der Waals surface area contributed by atoms with Gasteiger partial charge in [-0.3, -0.25) is 9.59 Å². The van der Waals surface area contributed by atoms with Crippen LogP contribution in [0.5, 0.6) is 0 Å². The monoisotopic (exact) mass is 624 g/mol. The Morgan fingerprint density at radius 1 is 0.545 bits per heavy atom. The first kappa shape index (κ1) is 28.9. The van der Waals surface area contributed by atoms with Crippen molar-refractivity contribution < 1.29 is 28.7 Å². The Hall–Kier alpha value is -5.18. The summed E-state index contributed by atoms with van der Waals surface area (Å²) in [5, 5.41) is 0.997. The molecule has 4 heterocycles. The molecular weight excluding hydrogens is 603 g/mol. The number of rotatable bonds is 7. The maximum absolute atomic E-state index is 13.4. The third kappa shape index (κ3) is 5.04. The van der Waals surface area contributed by atoms with E-state index >= 15 is 0 Å². The molecular formula is C34H22Cl2N2O6. The highest BCUT2D eigenvalue weighted by Gasteiger charge is 2.24. The molecule has 0 aliphatic carbocycles. The zero-order valence-electron chi connectivity index (χ0n) is 23.3. The van der Waals surface area contributed by atoms with Gasteiger partial charge < -0.3 is 18.3 Å². The lowest BCUT2D eigenvalue weighted by molar-refractivity contribution is 0.0594. The Morgan fingerprint density at radius 2 is 0.909 bits per heavy atom. The zero-order valence-corrected chi connectivity index (χ0v) is 24.8. The highest BCUT2D eigenvalue weighted by Crippen LogP contribution is 2.30. The van der Waals surface area contributed by atoms with Crippen LogP contribution in [0.3, 0.4) is 0 Å². The number of carbonyl (C=O) groups excluding carboxylic acids is 4. The van der Waals surface area contributed by atoms with Crippen molar-refractivity contribution in [3.63, 3.8) is 0 Å². The molecule has 44 heavy (non-hydrogen) atoms. The van der Waals surface area contributed by atoms with Crippen LogP contribution in [-0.4, -0.2) is 46.5 Å². The summed E-state index contributed by atoms with van der Waals surface area (Å²) in [5.74, 6) is -1.80. The summed E-state index contributed by atoms with van der Waals surface area (Å²) in [6.45, 7) is 0. The number of aromatic nitrogens is 2. The van der Waals surface area contributed by atoms with Gasteiger partial charge >= 0.3 is 11.9 Å². The number of nitrogens with zero attached hydrogens (tertiary/aromatic N) is 2. The van der Waals surface area contributed by atoms with Crippen molar-refractivity contribution in [1.82, 2.24) is 8.80 Å². The van der Waals surface area contributed by atoms with Crippen molar-refractivity contribution in [2.24, 2.45) is 0 Å². The number of halogens is 2. The number of hydrogen-bond acceptors (Lipinski definition) is 6. The third-order valence-corrected chi connectivity index (χ3v) is 7.87. The van der Waals surface area contributed by atoms with Gasteiger partial charge in [-0.25, -0.2) is 9.59 Å². The fourth-order valence-corrected chi connectivity index (χ4v) is 5.40. The highest BCUT2D eigenvalue weighted by molar-refractivity contribution is 6.31. The molecule has 0 unspecified atom stereocenters. The lowest BCUT2D eigenvalue weighted by atomic mass is 10.1. The largest absolute Gasteiger partial charge is 0.465 e. The summed E-state index contributed by atoms with van der Waals surface area (Å²) in [4.78, 5) is 52.3. The van der Waals surface area contributed by atoms with E-state index in [4.69, 9.17) is 32.7 Å². The normalized spacial score (nSPS) is 11.1. The first-order valence-corrected chi connectivity index (χ1v) is 14.0. The van der Waals surface area contributed by atoms with Crippen LogP contribution in [0.15, 0.2) is 97.3 Å². The molecule has 0 N–H and O–H groups in total. The van der Waals surface area contributed by atoms with E-state index in [9.17, 15) is 19.2 Å². The number of benzene rings is 2. The number of ether oxygens (including phenoxy) is 2. The first-order valence-electron chi connectivity index (χ1n) is 13.3. The molecule has 0 saturated carbocycles. The molecule has 0 bridgehead atoms. The molecule has 0 atom stereocenters. The van der Waals surface area contributed by atoms with E-state index in [0.29, 0.717) is 43.3 Å². The molecule has 6 rings (SSSR count). The Labute approximate surface area is 261 Å². The van der Waals surface area contributed by atoms with Gasteiger partial charge in [-0.2, -0.15) is 0 Å². The Kier molecular flexibility index (Phi) is 7.55. The molecule has 2 aromatic carbocycles. The summed E-state index contributed by atoms with van der Waals surface area (Å²) in [7, 11) is 2.54. The van der Waals surface area contributed by atoms with Gasteiger partial charge in [-0.05, 0) is 96.1 Å². The van der Waals surface area contributed by atoms with E-state index in [-0.39, 0.29) is 34.1 Å². The van der Waals surface area contributed by atoms with Crippen LogP contribution >= 0.6 is 23.2 Å². The average Bonchev–Trinajstić information content (AvgIpc) is 3.62. The second kappa shape index (κ2) is 11.5. The second-order valence-electron chi connectivity index (χ2n) is 9.88. The minimum absolute atomic E-state index is 0.210. The predicted molar refractivity (Wildman–Crippen MR) is 166 cm³/mol. The molecule has 0 spiro atoms. The van der Waals surface area contributed by atoms with Crippen molar-refractivity contribution in [1.29, 1.82) is 0 Å². The van der Waals surface area contributed by atoms with Crippen molar-refractivity contribution in [3.8, 4) is 11.1 Å². The number of pyridine rings is 2. The minimum Gasteiger partial charge on any atom is -0.465 e. The lowest BCUT2D eigenvalue weighted by Gasteiger charge is -2.09. The Balaban J connectivity index is 1.48. The number of fused-ring (bicyclic) bond motifs is 2. The Morgan fingerprint density at radius 3 is 1.25 bits per heavy atom. The fourth-order valence-electron chi connectivity index (χ4n) is 5.15. The van der Waals surface area contributed by atoms with Gasteiger partial charge in [-0.1, -0.05) is 23.2 Å². The average molecular weight is 625 g/mol. The van der Waals surface area contributed by atoms with Gasteiger partial charge in [0.2, 0.25) is 11.6 Å². The van der Waals surface area contributed by atoms with Crippen LogP contribution in [0, 0.1) is 0 Å². The molecule has 6 aromatic rings. The van der Waals surface area contributed by atoms with E-state index in [1.165, 1.54) is 26.4 Å². The summed E-state index contributed by atoms with van der Waals surface area (Å²) >= 11 is 12.0. The molecule has 10 heteroatoms. The van der Waals surface area contributed by atoms with Gasteiger partial charge in [0.15, 0.2) is 0 Å². The number of methoxy groups -OCH3 is 2. The van der Waals surface area contributed by atoms with Gasteiger partial charge in [-0.15, -0.1) is 0 Å². The minimum atomic E-state index is -0.602. The standard InChI is InChI=1S/C34H22Cl2N2O6/c1-43-33(41)25-17-29(31(39)19-3-7-23(35)8-4-19)37-13-11-21(15-27(25)37)22-12-14-38-28(16-22)26(34(42)44-2)18-30(38)32(40)20-5-9-24(36)10-6-20/h3-18H,1-2H3. The summed E-state index contributed by atoms with van der Waals surface area (Å²) in [5.41, 5.74) is 4.07. The maximum Gasteiger partial charge on any atom is 0.340 e. The van der Waals surface area contributed by atoms with Crippen LogP contribution in [0.25, 0.3) is 22.2 Å². The highest BCUT2D eigenvalue weighted by atomic mass is 35.5. The molecule has 0 aliphatic rings. The van der Waals surface area contributed by atoms with E-state index < -0.39 is 11.9 Å². The second-order valence-corrected chi connectivity index (χ2v) is 10.8. The van der Waals surface area contributed by atoms with Crippen LogP contribution in [-0.2, 0) is 9.47 Å². The molecule has 0 radical (unpaired) electrons. The number of ketones is 2. The maximum atomic E-state index is 13.4. The van der Waals surface area contributed by atoms with Gasteiger partial charge in [0.1, 0.15) is 0 Å². The topological polar surface area (TPSA) is 95.6 Å². The quantitative estimate of drug-likeness (QED) is 0.138. The van der Waals surface area contributed by atoms with E-state index in [2.05, 4.69) is 0 Å². The SMILES string of the molecule is COC(=O)c1cc(C(=O)c2ccc(Cl)cc2)n2ccc(-c3ccn4c(C(=O)c5ccc(Cl)cc5)cc(C(=O)OC)c4c3)cc12. The molecule has 0 aliphatic heterocycles. The van der Waals surface area contributed by atoms with Crippen LogP contribution in [0.4, 0.5) is 0 Å². The zero-order chi connectivity index (χ0) is 31.1. The van der Waals surface area contributed by atoms with Crippen molar-refractivity contribution in [3.05, 3.63) is 141 Å². The summed E-state index contributed by atoms with van der Waals surface area (Å²) in [6, 6.07) is 23.1. The molecule has 0 fully saturated rings. The van der Waals surface area contributed by atoms with Gasteiger partial charge in [0, 0.05) is 33.6 Å². The fraction of sp³-hybridized carbons (Fsp3) is 0.0588. The molecule has 4 aromatic heterocycles. The Bertz CT molecular complexity index is 1970. The van der Waals surface area contributed by atoms with E-state index in [1.54, 1.807) is 94.0 Å². The molecule has 218 valence electrons. The van der Waals surface area contributed by atoms with Crippen molar-refractivity contribution >= 4 is 57.7 Å². The van der Waals surface area contributed by atoms with Crippen molar-refractivity contribution in [2.75, 3.05) is 14.2 Å². The number of carbonyl (C=O) groups is 4. The first-order chi connectivity index (χ1) is 21.2. The molecule has 0 saturated heterocycles. The molecule has 0 amide bonds. The van der Waals surface area contributed by atoms with Crippen LogP contribution < -0.4 is 0 Å². The summed E-state index contributed by atoms with van der Waals surface area (Å²) in [6.07, 6.45) is 3.39. The van der Waals surface area contributed by atoms with Crippen molar-refractivity contribution in [2.45, 2.75) is 0 Å². The predicted octanol–water partition coefficient (Wildman–Crippen LogP) is 7.20. The lowest BCUT2D eigenvalue weighted by Crippen LogP contribution is -2.05. The van der Waals surface area contributed by atoms with Crippen LogP contribution in [0.1, 0.15) is 52.8 Å². The van der Waals surface area contributed by atoms with E-state index in [1.807, 2.05) is 0 Å².